The second-order valence-corrected chi connectivity index (χ2v) is 4.92. The molecular weight excluding hydrogens is 246 g/mol. The van der Waals surface area contributed by atoms with Gasteiger partial charge in [-0.1, -0.05) is 30.3 Å². The molecule has 2 aromatic carbocycles. The lowest BCUT2D eigenvalue weighted by molar-refractivity contribution is 1.13. The molecule has 0 fully saturated rings. The summed E-state index contributed by atoms with van der Waals surface area (Å²) < 4.78 is 2.02. The van der Waals surface area contributed by atoms with E-state index in [1.807, 2.05) is 16.7 Å². The van der Waals surface area contributed by atoms with Crippen molar-refractivity contribution in [3.05, 3.63) is 66.5 Å². The summed E-state index contributed by atoms with van der Waals surface area (Å²) in [7, 11) is 0. The fraction of sp³-hybridized carbons (Fsp3) is 0.0588. The van der Waals surface area contributed by atoms with Crippen LogP contribution in [0.15, 0.2) is 60.9 Å². The van der Waals surface area contributed by atoms with E-state index in [9.17, 15) is 0 Å². The number of aromatic nitrogens is 3. The molecule has 0 spiro atoms. The van der Waals surface area contributed by atoms with Crippen molar-refractivity contribution in [1.29, 1.82) is 0 Å². The van der Waals surface area contributed by atoms with Crippen LogP contribution in [0.5, 0.6) is 0 Å². The van der Waals surface area contributed by atoms with Gasteiger partial charge in [0.15, 0.2) is 0 Å². The van der Waals surface area contributed by atoms with Gasteiger partial charge in [-0.2, -0.15) is 0 Å². The van der Waals surface area contributed by atoms with Crippen LogP contribution >= 0.6 is 0 Å². The van der Waals surface area contributed by atoms with Gasteiger partial charge < -0.3 is 0 Å². The van der Waals surface area contributed by atoms with Crippen LogP contribution in [0.25, 0.3) is 27.9 Å². The van der Waals surface area contributed by atoms with E-state index in [1.54, 1.807) is 6.20 Å². The van der Waals surface area contributed by atoms with Crippen molar-refractivity contribution >= 4 is 16.8 Å². The molecule has 0 aliphatic heterocycles. The maximum Gasteiger partial charge on any atom is 0.234 e. The molecule has 0 saturated carbocycles. The van der Waals surface area contributed by atoms with Crippen molar-refractivity contribution in [3.63, 3.8) is 0 Å². The second-order valence-electron chi connectivity index (χ2n) is 4.92. The van der Waals surface area contributed by atoms with E-state index in [0.717, 1.165) is 16.8 Å². The quantitative estimate of drug-likeness (QED) is 0.519. The summed E-state index contributed by atoms with van der Waals surface area (Å²) in [5, 5.41) is 0. The standard InChI is InChI=1S/C17H13N3/c1-12-5-2-3-6-14(12)13-7-8-15-16(11-13)20-10-4-9-18-17(20)19-15/h2-11H,1H3. The van der Waals surface area contributed by atoms with E-state index in [1.165, 1.54) is 16.7 Å². The maximum atomic E-state index is 4.52. The van der Waals surface area contributed by atoms with Gasteiger partial charge in [0, 0.05) is 12.4 Å². The second kappa shape index (κ2) is 4.17. The third-order valence-corrected chi connectivity index (χ3v) is 3.64. The first-order valence-electron chi connectivity index (χ1n) is 6.62. The minimum Gasteiger partial charge on any atom is -0.284 e. The lowest BCUT2D eigenvalue weighted by atomic mass is 10.0. The molecule has 3 heteroatoms. The number of fused-ring (bicyclic) bond motifs is 3. The van der Waals surface area contributed by atoms with Gasteiger partial charge in [0.05, 0.1) is 11.0 Å². The summed E-state index contributed by atoms with van der Waals surface area (Å²) in [5.74, 6) is 0.740. The molecule has 20 heavy (non-hydrogen) atoms. The molecule has 0 aliphatic rings. The Morgan fingerprint density at radius 1 is 1.00 bits per heavy atom. The van der Waals surface area contributed by atoms with Crippen molar-refractivity contribution in [2.24, 2.45) is 0 Å². The van der Waals surface area contributed by atoms with Gasteiger partial charge >= 0.3 is 0 Å². The fourth-order valence-corrected chi connectivity index (χ4v) is 2.62. The smallest absolute Gasteiger partial charge is 0.234 e. The predicted molar refractivity (Wildman–Crippen MR) is 80.7 cm³/mol. The Kier molecular flexibility index (Phi) is 2.33. The van der Waals surface area contributed by atoms with Crippen LogP contribution in [-0.2, 0) is 0 Å². The molecule has 2 heterocycles. The van der Waals surface area contributed by atoms with E-state index in [-0.39, 0.29) is 0 Å². The average molecular weight is 259 g/mol. The Morgan fingerprint density at radius 2 is 1.90 bits per heavy atom. The van der Waals surface area contributed by atoms with E-state index in [4.69, 9.17) is 0 Å². The Bertz CT molecular complexity index is 922. The topological polar surface area (TPSA) is 30.2 Å². The van der Waals surface area contributed by atoms with Gasteiger partial charge in [-0.05, 0) is 41.8 Å². The van der Waals surface area contributed by atoms with Crippen molar-refractivity contribution < 1.29 is 0 Å². The average Bonchev–Trinajstić information content (AvgIpc) is 2.85. The third kappa shape index (κ3) is 1.60. The highest BCUT2D eigenvalue weighted by molar-refractivity contribution is 5.85. The van der Waals surface area contributed by atoms with Crippen LogP contribution in [0, 0.1) is 6.92 Å². The molecule has 3 nitrogen and oxygen atoms in total. The van der Waals surface area contributed by atoms with Crippen LogP contribution in [-0.4, -0.2) is 14.4 Å². The van der Waals surface area contributed by atoms with Crippen molar-refractivity contribution in [2.75, 3.05) is 0 Å². The Balaban J connectivity index is 2.03. The van der Waals surface area contributed by atoms with Gasteiger partial charge in [-0.15, -0.1) is 0 Å². The molecule has 0 radical (unpaired) electrons. The van der Waals surface area contributed by atoms with Gasteiger partial charge in [0.25, 0.3) is 0 Å². The molecule has 0 N–H and O–H groups in total. The van der Waals surface area contributed by atoms with Crippen LogP contribution < -0.4 is 0 Å². The number of aryl methyl sites for hydroxylation is 1. The minimum absolute atomic E-state index is 0.740. The number of hydrogen-bond acceptors (Lipinski definition) is 2. The molecule has 0 bridgehead atoms. The van der Waals surface area contributed by atoms with E-state index in [2.05, 4.69) is 59.4 Å². The molecule has 96 valence electrons. The highest BCUT2D eigenvalue weighted by atomic mass is 15.1. The zero-order valence-electron chi connectivity index (χ0n) is 11.1. The summed E-state index contributed by atoms with van der Waals surface area (Å²) in [5.41, 5.74) is 5.81. The molecule has 0 unspecified atom stereocenters. The third-order valence-electron chi connectivity index (χ3n) is 3.64. The Labute approximate surface area is 116 Å². The molecule has 0 atom stereocenters. The molecule has 4 rings (SSSR count). The van der Waals surface area contributed by atoms with Gasteiger partial charge in [-0.3, -0.25) is 4.40 Å². The van der Waals surface area contributed by atoms with E-state index in [0.29, 0.717) is 0 Å². The summed E-state index contributed by atoms with van der Waals surface area (Å²) >= 11 is 0. The van der Waals surface area contributed by atoms with E-state index < -0.39 is 0 Å². The molecule has 0 saturated heterocycles. The molecule has 2 aromatic heterocycles. The zero-order chi connectivity index (χ0) is 13.5. The largest absolute Gasteiger partial charge is 0.284 e. The SMILES string of the molecule is Cc1ccccc1-c1ccc2nc3ncccn3c2c1. The van der Waals surface area contributed by atoms with Crippen LogP contribution in [0.2, 0.25) is 0 Å². The minimum atomic E-state index is 0.740. The molecule has 0 amide bonds. The number of imidazole rings is 1. The molecule has 0 aliphatic carbocycles. The fourth-order valence-electron chi connectivity index (χ4n) is 2.62. The van der Waals surface area contributed by atoms with Gasteiger partial charge in [-0.25, -0.2) is 9.97 Å². The summed E-state index contributed by atoms with van der Waals surface area (Å²) in [6, 6.07) is 16.7. The number of nitrogens with zero attached hydrogens (tertiary/aromatic N) is 3. The summed E-state index contributed by atoms with van der Waals surface area (Å²) in [4.78, 5) is 8.81. The number of rotatable bonds is 1. The van der Waals surface area contributed by atoms with Crippen LogP contribution in [0.3, 0.4) is 0 Å². The summed E-state index contributed by atoms with van der Waals surface area (Å²) in [6.07, 6.45) is 3.77. The monoisotopic (exact) mass is 259 g/mol. The highest BCUT2D eigenvalue weighted by Crippen LogP contribution is 2.26. The number of hydrogen-bond donors (Lipinski definition) is 0. The van der Waals surface area contributed by atoms with Gasteiger partial charge in [0.2, 0.25) is 5.78 Å². The predicted octanol–water partition coefficient (Wildman–Crippen LogP) is 3.86. The first-order valence-corrected chi connectivity index (χ1v) is 6.62. The van der Waals surface area contributed by atoms with Crippen molar-refractivity contribution in [3.8, 4) is 11.1 Å². The highest BCUT2D eigenvalue weighted by Gasteiger charge is 2.07. The first kappa shape index (κ1) is 11.2. The maximum absolute atomic E-state index is 4.52. The zero-order valence-corrected chi connectivity index (χ0v) is 11.1. The number of benzene rings is 2. The summed E-state index contributed by atoms with van der Waals surface area (Å²) in [6.45, 7) is 2.13. The van der Waals surface area contributed by atoms with Crippen LogP contribution in [0.4, 0.5) is 0 Å². The lowest BCUT2D eigenvalue weighted by Crippen LogP contribution is -1.86. The lowest BCUT2D eigenvalue weighted by Gasteiger charge is -2.05. The van der Waals surface area contributed by atoms with E-state index >= 15 is 0 Å². The molecular formula is C17H13N3. The van der Waals surface area contributed by atoms with Crippen LogP contribution in [0.1, 0.15) is 5.56 Å². The molecule has 4 aromatic rings. The first-order chi connectivity index (χ1) is 9.83. The normalized spacial score (nSPS) is 11.2. The van der Waals surface area contributed by atoms with Crippen molar-refractivity contribution in [2.45, 2.75) is 6.92 Å². The Morgan fingerprint density at radius 3 is 2.80 bits per heavy atom. The Hall–Kier alpha value is -2.68. The van der Waals surface area contributed by atoms with Crippen molar-refractivity contribution in [1.82, 2.24) is 14.4 Å². The van der Waals surface area contributed by atoms with Gasteiger partial charge in [0.1, 0.15) is 0 Å².